The Morgan fingerprint density at radius 1 is 1.03 bits per heavy atom. The van der Waals surface area contributed by atoms with E-state index in [9.17, 15) is 20.0 Å². The minimum absolute atomic E-state index is 0.00244. The summed E-state index contributed by atoms with van der Waals surface area (Å²) in [6.07, 6.45) is -0.943. The number of hydrogen-bond donors (Lipinski definition) is 2. The molecule has 2 N–H and O–H groups in total. The van der Waals surface area contributed by atoms with E-state index in [1.54, 1.807) is 6.07 Å². The van der Waals surface area contributed by atoms with Crippen LogP contribution in [-0.2, 0) is 6.61 Å². The van der Waals surface area contributed by atoms with E-state index in [1.807, 2.05) is 55.5 Å². The molecule has 0 aromatic heterocycles. The van der Waals surface area contributed by atoms with Crippen LogP contribution in [0, 0.1) is 17.0 Å². The summed E-state index contributed by atoms with van der Waals surface area (Å²) >= 11 is 0. The van der Waals surface area contributed by atoms with E-state index in [4.69, 9.17) is 9.47 Å². The summed E-state index contributed by atoms with van der Waals surface area (Å²) in [4.78, 5) is 23.3. The van der Waals surface area contributed by atoms with Gasteiger partial charge in [0, 0.05) is 18.2 Å². The first-order chi connectivity index (χ1) is 15.4. The standard InChI is InChI=1S/C24H24N2O6/c1-17-7-5-6-10-22(17)32-16-20(27)14-25-24(28)19-11-12-23(21(13-19)26(29)30)31-15-18-8-3-2-4-9-18/h2-13,20,27H,14-16H2,1H3,(H,25,28). The second-order valence-electron chi connectivity index (χ2n) is 7.15. The number of nitro groups is 1. The third-order valence-corrected chi connectivity index (χ3v) is 4.68. The number of ether oxygens (including phenoxy) is 2. The molecular weight excluding hydrogens is 412 g/mol. The number of carbonyl (C=O) groups is 1. The molecule has 0 aliphatic carbocycles. The Morgan fingerprint density at radius 3 is 2.47 bits per heavy atom. The first-order valence-electron chi connectivity index (χ1n) is 10.0. The normalized spacial score (nSPS) is 11.4. The van der Waals surface area contributed by atoms with E-state index in [0.717, 1.165) is 17.2 Å². The first-order valence-corrected chi connectivity index (χ1v) is 10.0. The number of nitrogens with zero attached hydrogens (tertiary/aromatic N) is 1. The Morgan fingerprint density at radius 2 is 1.75 bits per heavy atom. The van der Waals surface area contributed by atoms with Gasteiger partial charge in [0.05, 0.1) is 4.92 Å². The highest BCUT2D eigenvalue weighted by molar-refractivity contribution is 5.95. The number of aliphatic hydroxyl groups is 1. The van der Waals surface area contributed by atoms with Crippen molar-refractivity contribution in [3.05, 3.63) is 99.6 Å². The number of nitrogens with one attached hydrogen (secondary N) is 1. The summed E-state index contributed by atoms with van der Waals surface area (Å²) in [5.74, 6) is 0.180. The van der Waals surface area contributed by atoms with E-state index >= 15 is 0 Å². The van der Waals surface area contributed by atoms with E-state index < -0.39 is 16.9 Å². The number of hydrogen-bond acceptors (Lipinski definition) is 6. The number of benzene rings is 3. The van der Waals surface area contributed by atoms with Crippen LogP contribution >= 0.6 is 0 Å². The van der Waals surface area contributed by atoms with Crippen LogP contribution in [-0.4, -0.2) is 35.2 Å². The Bertz CT molecular complexity index is 1070. The van der Waals surface area contributed by atoms with Crippen molar-refractivity contribution in [2.24, 2.45) is 0 Å². The van der Waals surface area contributed by atoms with Gasteiger partial charge in [-0.2, -0.15) is 0 Å². The molecule has 0 aliphatic heterocycles. The van der Waals surface area contributed by atoms with Gasteiger partial charge in [-0.15, -0.1) is 0 Å². The third-order valence-electron chi connectivity index (χ3n) is 4.68. The lowest BCUT2D eigenvalue weighted by molar-refractivity contribution is -0.386. The maximum Gasteiger partial charge on any atom is 0.311 e. The fourth-order valence-electron chi connectivity index (χ4n) is 2.93. The average Bonchev–Trinajstić information content (AvgIpc) is 2.81. The van der Waals surface area contributed by atoms with E-state index in [1.165, 1.54) is 12.1 Å². The average molecular weight is 436 g/mol. The molecule has 1 unspecified atom stereocenters. The lowest BCUT2D eigenvalue weighted by atomic mass is 10.1. The molecule has 8 nitrogen and oxygen atoms in total. The number of aliphatic hydroxyl groups excluding tert-OH is 1. The van der Waals surface area contributed by atoms with E-state index in [0.29, 0.717) is 5.75 Å². The lowest BCUT2D eigenvalue weighted by Crippen LogP contribution is -2.35. The van der Waals surface area contributed by atoms with E-state index in [2.05, 4.69) is 5.32 Å². The maximum absolute atomic E-state index is 12.4. The highest BCUT2D eigenvalue weighted by Gasteiger charge is 2.19. The van der Waals surface area contributed by atoms with Gasteiger partial charge in [-0.1, -0.05) is 48.5 Å². The van der Waals surface area contributed by atoms with Gasteiger partial charge in [-0.3, -0.25) is 14.9 Å². The smallest absolute Gasteiger partial charge is 0.311 e. The maximum atomic E-state index is 12.4. The van der Waals surface area contributed by atoms with Crippen LogP contribution < -0.4 is 14.8 Å². The van der Waals surface area contributed by atoms with Crippen LogP contribution in [0.5, 0.6) is 11.5 Å². The molecule has 0 saturated heterocycles. The molecule has 3 aromatic carbocycles. The molecule has 0 fully saturated rings. The fraction of sp³-hybridized carbons (Fsp3) is 0.208. The third kappa shape index (κ3) is 6.29. The zero-order valence-electron chi connectivity index (χ0n) is 17.6. The largest absolute Gasteiger partial charge is 0.491 e. The molecule has 3 aromatic rings. The van der Waals surface area contributed by atoms with Crippen LogP contribution in [0.3, 0.4) is 0 Å². The molecule has 166 valence electrons. The monoisotopic (exact) mass is 436 g/mol. The predicted octanol–water partition coefficient (Wildman–Crippen LogP) is 3.65. The van der Waals surface area contributed by atoms with E-state index in [-0.39, 0.29) is 36.8 Å². The molecule has 8 heteroatoms. The molecule has 0 radical (unpaired) electrons. The number of rotatable bonds is 10. The van der Waals surface area contributed by atoms with Crippen molar-refractivity contribution >= 4 is 11.6 Å². The summed E-state index contributed by atoms with van der Waals surface area (Å²) in [5.41, 5.74) is 1.59. The quantitative estimate of drug-likeness (QED) is 0.371. The lowest BCUT2D eigenvalue weighted by Gasteiger charge is -2.14. The zero-order chi connectivity index (χ0) is 22.9. The fourth-order valence-corrected chi connectivity index (χ4v) is 2.93. The van der Waals surface area contributed by atoms with Crippen molar-refractivity contribution < 1.29 is 24.3 Å². The number of nitro benzene ring substituents is 1. The summed E-state index contributed by atoms with van der Waals surface area (Å²) in [7, 11) is 0. The van der Waals surface area contributed by atoms with Gasteiger partial charge in [-0.25, -0.2) is 0 Å². The Balaban J connectivity index is 1.56. The van der Waals surface area contributed by atoms with Gasteiger partial charge in [0.15, 0.2) is 5.75 Å². The second-order valence-corrected chi connectivity index (χ2v) is 7.15. The molecule has 0 spiro atoms. The summed E-state index contributed by atoms with van der Waals surface area (Å²) < 4.78 is 11.1. The second kappa shape index (κ2) is 10.9. The van der Waals surface area contributed by atoms with Gasteiger partial charge in [-0.05, 0) is 36.2 Å². The Hall–Kier alpha value is -3.91. The molecule has 32 heavy (non-hydrogen) atoms. The summed E-state index contributed by atoms with van der Waals surface area (Å²) in [6.45, 7) is 1.99. The minimum Gasteiger partial charge on any atom is -0.491 e. The van der Waals surface area contributed by atoms with Gasteiger partial charge in [0.2, 0.25) is 0 Å². The zero-order valence-corrected chi connectivity index (χ0v) is 17.6. The molecule has 1 amide bonds. The summed E-state index contributed by atoms with van der Waals surface area (Å²) in [5, 5.41) is 24.1. The van der Waals surface area contributed by atoms with Gasteiger partial charge < -0.3 is 19.9 Å². The van der Waals surface area contributed by atoms with Crippen molar-refractivity contribution in [1.29, 1.82) is 0 Å². The Kier molecular flexibility index (Phi) is 7.77. The molecule has 0 aliphatic rings. The number of carbonyl (C=O) groups excluding carboxylic acids is 1. The summed E-state index contributed by atoms with van der Waals surface area (Å²) in [6, 6.07) is 20.7. The molecular formula is C24H24N2O6. The van der Waals surface area contributed by atoms with Crippen LogP contribution in [0.2, 0.25) is 0 Å². The number of para-hydroxylation sites is 1. The van der Waals surface area contributed by atoms with Crippen LogP contribution in [0.25, 0.3) is 0 Å². The topological polar surface area (TPSA) is 111 Å². The SMILES string of the molecule is Cc1ccccc1OCC(O)CNC(=O)c1ccc(OCc2ccccc2)c([N+](=O)[O-])c1. The van der Waals surface area contributed by atoms with Crippen molar-refractivity contribution in [1.82, 2.24) is 5.32 Å². The van der Waals surface area contributed by atoms with Crippen molar-refractivity contribution in [2.45, 2.75) is 19.6 Å². The minimum atomic E-state index is -0.943. The van der Waals surface area contributed by atoms with Crippen molar-refractivity contribution in [2.75, 3.05) is 13.2 Å². The van der Waals surface area contributed by atoms with Crippen LogP contribution in [0.4, 0.5) is 5.69 Å². The van der Waals surface area contributed by atoms with Crippen molar-refractivity contribution in [3.8, 4) is 11.5 Å². The van der Waals surface area contributed by atoms with Gasteiger partial charge in [0.25, 0.3) is 5.91 Å². The molecule has 0 saturated carbocycles. The number of amides is 1. The molecule has 3 rings (SSSR count). The van der Waals surface area contributed by atoms with Gasteiger partial charge in [0.1, 0.15) is 25.1 Å². The number of aryl methyl sites for hydroxylation is 1. The highest BCUT2D eigenvalue weighted by Crippen LogP contribution is 2.28. The highest BCUT2D eigenvalue weighted by atomic mass is 16.6. The van der Waals surface area contributed by atoms with Crippen LogP contribution in [0.1, 0.15) is 21.5 Å². The van der Waals surface area contributed by atoms with Gasteiger partial charge >= 0.3 is 5.69 Å². The molecule has 1 atom stereocenters. The molecule has 0 bridgehead atoms. The van der Waals surface area contributed by atoms with Crippen molar-refractivity contribution in [3.63, 3.8) is 0 Å². The first kappa shape index (κ1) is 22.8. The molecule has 0 heterocycles. The predicted molar refractivity (Wildman–Crippen MR) is 119 cm³/mol. The Labute approximate surface area is 185 Å². The van der Waals surface area contributed by atoms with Crippen LogP contribution in [0.15, 0.2) is 72.8 Å².